The van der Waals surface area contributed by atoms with Crippen LogP contribution in [0.25, 0.3) is 11.1 Å². The molecule has 2 aromatic carbocycles. The Morgan fingerprint density at radius 2 is 1.86 bits per heavy atom. The number of furan rings is 1. The third-order valence-corrected chi connectivity index (χ3v) is 5.16. The zero-order valence-corrected chi connectivity index (χ0v) is 15.1. The summed E-state index contributed by atoms with van der Waals surface area (Å²) in [5.41, 5.74) is 8.40. The molecule has 1 saturated heterocycles. The van der Waals surface area contributed by atoms with Gasteiger partial charge in [0.15, 0.2) is 5.76 Å². The van der Waals surface area contributed by atoms with E-state index in [-0.39, 0.29) is 18.0 Å². The maximum absolute atomic E-state index is 13.6. The topological polar surface area (TPSA) is 59.5 Å². The Hall–Kier alpha value is -2.99. The van der Waals surface area contributed by atoms with Gasteiger partial charge in [0.2, 0.25) is 0 Å². The van der Waals surface area contributed by atoms with Gasteiger partial charge in [-0.1, -0.05) is 24.3 Å². The predicted octanol–water partition coefficient (Wildman–Crippen LogP) is 4.01. The number of halogens is 2. The second-order valence-corrected chi connectivity index (χ2v) is 7.06. The molecule has 6 heteroatoms. The van der Waals surface area contributed by atoms with E-state index < -0.39 is 11.6 Å². The van der Waals surface area contributed by atoms with Crippen LogP contribution in [0.5, 0.6) is 0 Å². The average Bonchev–Trinajstić information content (AvgIpc) is 3.32. The van der Waals surface area contributed by atoms with Crippen LogP contribution >= 0.6 is 0 Å². The van der Waals surface area contributed by atoms with Gasteiger partial charge >= 0.3 is 0 Å². The SMILES string of the molecule is NC1CCN(C(=O)c2ccco2)C1Cc1cccc(-c2cc(F)cc(F)c2)c1. The van der Waals surface area contributed by atoms with Gasteiger partial charge in [-0.05, 0) is 53.8 Å². The van der Waals surface area contributed by atoms with Crippen molar-refractivity contribution in [3.05, 3.63) is 83.8 Å². The number of hydrogen-bond acceptors (Lipinski definition) is 3. The molecule has 3 aromatic rings. The number of likely N-dealkylation sites (tertiary alicyclic amines) is 1. The minimum absolute atomic E-state index is 0.144. The van der Waals surface area contributed by atoms with Crippen LogP contribution in [0.2, 0.25) is 0 Å². The molecule has 0 radical (unpaired) electrons. The van der Waals surface area contributed by atoms with Crippen molar-refractivity contribution in [2.75, 3.05) is 6.54 Å². The molecule has 2 unspecified atom stereocenters. The largest absolute Gasteiger partial charge is 0.459 e. The van der Waals surface area contributed by atoms with Gasteiger partial charge in [0.1, 0.15) is 11.6 Å². The lowest BCUT2D eigenvalue weighted by Gasteiger charge is -2.26. The van der Waals surface area contributed by atoms with Gasteiger partial charge in [-0.2, -0.15) is 0 Å². The number of carbonyl (C=O) groups is 1. The summed E-state index contributed by atoms with van der Waals surface area (Å²) < 4.78 is 32.4. The lowest BCUT2D eigenvalue weighted by molar-refractivity contribution is 0.0698. The van der Waals surface area contributed by atoms with E-state index >= 15 is 0 Å². The van der Waals surface area contributed by atoms with E-state index in [1.165, 1.54) is 18.4 Å². The highest BCUT2D eigenvalue weighted by Crippen LogP contribution is 2.26. The molecular weight excluding hydrogens is 362 g/mol. The van der Waals surface area contributed by atoms with E-state index in [1.54, 1.807) is 23.1 Å². The van der Waals surface area contributed by atoms with Crippen LogP contribution in [-0.4, -0.2) is 29.4 Å². The second-order valence-electron chi connectivity index (χ2n) is 7.06. The molecule has 0 spiro atoms. The molecule has 4 rings (SSSR count). The molecule has 0 bridgehead atoms. The van der Waals surface area contributed by atoms with Crippen molar-refractivity contribution in [1.82, 2.24) is 4.90 Å². The molecule has 1 aliphatic rings. The summed E-state index contributed by atoms with van der Waals surface area (Å²) in [6.45, 7) is 0.570. The lowest BCUT2D eigenvalue weighted by Crippen LogP contribution is -2.44. The summed E-state index contributed by atoms with van der Waals surface area (Å²) in [5.74, 6) is -1.11. The number of nitrogens with two attached hydrogens (primary N) is 1. The molecule has 144 valence electrons. The van der Waals surface area contributed by atoms with Crippen LogP contribution in [0.15, 0.2) is 65.3 Å². The zero-order valence-electron chi connectivity index (χ0n) is 15.1. The van der Waals surface area contributed by atoms with E-state index in [2.05, 4.69) is 0 Å². The van der Waals surface area contributed by atoms with Crippen molar-refractivity contribution in [2.45, 2.75) is 24.9 Å². The van der Waals surface area contributed by atoms with Gasteiger partial charge in [-0.3, -0.25) is 4.79 Å². The number of amides is 1. The van der Waals surface area contributed by atoms with Crippen molar-refractivity contribution in [1.29, 1.82) is 0 Å². The maximum Gasteiger partial charge on any atom is 0.289 e. The fraction of sp³-hybridized carbons (Fsp3) is 0.227. The fourth-order valence-corrected chi connectivity index (χ4v) is 3.77. The van der Waals surface area contributed by atoms with Crippen LogP contribution < -0.4 is 5.73 Å². The first kappa shape index (κ1) is 18.4. The van der Waals surface area contributed by atoms with Crippen LogP contribution in [-0.2, 0) is 6.42 Å². The third kappa shape index (κ3) is 3.68. The summed E-state index contributed by atoms with van der Waals surface area (Å²) in [6.07, 6.45) is 2.74. The van der Waals surface area contributed by atoms with Gasteiger partial charge in [-0.25, -0.2) is 8.78 Å². The summed E-state index contributed by atoms with van der Waals surface area (Å²) in [6, 6.07) is 13.9. The van der Waals surface area contributed by atoms with Gasteiger partial charge < -0.3 is 15.1 Å². The highest BCUT2D eigenvalue weighted by atomic mass is 19.1. The number of nitrogens with zero attached hydrogens (tertiary/aromatic N) is 1. The molecule has 1 aromatic heterocycles. The molecule has 1 aliphatic heterocycles. The van der Waals surface area contributed by atoms with Crippen molar-refractivity contribution >= 4 is 5.91 Å². The average molecular weight is 382 g/mol. The number of rotatable bonds is 4. The van der Waals surface area contributed by atoms with Crippen molar-refractivity contribution in [2.24, 2.45) is 5.73 Å². The molecule has 1 fully saturated rings. The Bertz CT molecular complexity index is 968. The smallest absolute Gasteiger partial charge is 0.289 e. The molecule has 2 heterocycles. The summed E-state index contributed by atoms with van der Waals surface area (Å²) in [7, 11) is 0. The Labute approximate surface area is 161 Å². The van der Waals surface area contributed by atoms with Crippen LogP contribution in [0.1, 0.15) is 22.5 Å². The molecule has 4 nitrogen and oxygen atoms in total. The third-order valence-electron chi connectivity index (χ3n) is 5.16. The van der Waals surface area contributed by atoms with E-state index in [4.69, 9.17) is 10.2 Å². The van der Waals surface area contributed by atoms with Crippen LogP contribution in [0, 0.1) is 11.6 Å². The maximum atomic E-state index is 13.6. The monoisotopic (exact) mass is 382 g/mol. The van der Waals surface area contributed by atoms with Gasteiger partial charge in [-0.15, -0.1) is 0 Å². The minimum atomic E-state index is -0.617. The van der Waals surface area contributed by atoms with E-state index in [0.29, 0.717) is 36.3 Å². The van der Waals surface area contributed by atoms with Crippen molar-refractivity contribution < 1.29 is 18.0 Å². The molecule has 2 atom stereocenters. The number of benzene rings is 2. The van der Waals surface area contributed by atoms with E-state index in [1.807, 2.05) is 18.2 Å². The summed E-state index contributed by atoms with van der Waals surface area (Å²) >= 11 is 0. The molecule has 0 saturated carbocycles. The van der Waals surface area contributed by atoms with Crippen molar-refractivity contribution in [3.8, 4) is 11.1 Å². The lowest BCUT2D eigenvalue weighted by atomic mass is 9.96. The summed E-state index contributed by atoms with van der Waals surface area (Å²) in [5, 5.41) is 0. The molecule has 28 heavy (non-hydrogen) atoms. The first-order valence-electron chi connectivity index (χ1n) is 9.17. The molecule has 2 N–H and O–H groups in total. The Morgan fingerprint density at radius 1 is 1.07 bits per heavy atom. The highest BCUT2D eigenvalue weighted by Gasteiger charge is 2.36. The highest BCUT2D eigenvalue weighted by molar-refractivity contribution is 5.92. The molecule has 1 amide bonds. The summed E-state index contributed by atoms with van der Waals surface area (Å²) in [4.78, 5) is 14.5. The van der Waals surface area contributed by atoms with Gasteiger partial charge in [0.25, 0.3) is 5.91 Å². The molecule has 0 aliphatic carbocycles. The first-order valence-corrected chi connectivity index (χ1v) is 9.17. The van der Waals surface area contributed by atoms with Gasteiger partial charge in [0.05, 0.1) is 12.3 Å². The normalized spacial score (nSPS) is 19.2. The Balaban J connectivity index is 1.58. The van der Waals surface area contributed by atoms with E-state index in [9.17, 15) is 13.6 Å². The first-order chi connectivity index (χ1) is 13.5. The van der Waals surface area contributed by atoms with Crippen molar-refractivity contribution in [3.63, 3.8) is 0 Å². The quantitative estimate of drug-likeness (QED) is 0.742. The van der Waals surface area contributed by atoms with Crippen LogP contribution in [0.4, 0.5) is 8.78 Å². The second kappa shape index (κ2) is 7.56. The fourth-order valence-electron chi connectivity index (χ4n) is 3.77. The Morgan fingerprint density at radius 3 is 2.57 bits per heavy atom. The minimum Gasteiger partial charge on any atom is -0.459 e. The standard InChI is InChI=1S/C22H20F2N2O2/c23-17-11-16(12-18(24)13-17)15-4-1-3-14(9-15)10-20-19(25)6-7-26(20)22(27)21-5-2-8-28-21/h1-5,8-9,11-13,19-20H,6-7,10,25H2. The van der Waals surface area contributed by atoms with Gasteiger partial charge in [0, 0.05) is 18.7 Å². The predicted molar refractivity (Wildman–Crippen MR) is 102 cm³/mol. The van der Waals surface area contributed by atoms with Crippen LogP contribution in [0.3, 0.4) is 0 Å². The zero-order chi connectivity index (χ0) is 19.7. The van der Waals surface area contributed by atoms with E-state index in [0.717, 1.165) is 11.6 Å². The number of carbonyl (C=O) groups excluding carboxylic acids is 1. The molecular formula is C22H20F2N2O2. The Kier molecular flexibility index (Phi) is 4.96. The number of hydrogen-bond donors (Lipinski definition) is 1.